The van der Waals surface area contributed by atoms with Crippen molar-refractivity contribution in [1.29, 1.82) is 0 Å². The summed E-state index contributed by atoms with van der Waals surface area (Å²) in [5.74, 6) is 0. The van der Waals surface area contributed by atoms with E-state index in [-0.39, 0.29) is 0 Å². The Morgan fingerprint density at radius 2 is 1.85 bits per heavy atom. The molecule has 1 rings (SSSR count). The molecule has 1 atom stereocenters. The van der Waals surface area contributed by atoms with Crippen molar-refractivity contribution in [3.8, 4) is 0 Å². The molecular formula is C7H10Cl3NO2. The van der Waals surface area contributed by atoms with E-state index in [1.807, 2.05) is 4.90 Å². The number of rotatable bonds is 3. The van der Waals surface area contributed by atoms with Crippen LogP contribution in [0.5, 0.6) is 0 Å². The SMILES string of the molecule is O=COC(N1CCCC1)C(Cl)(Cl)Cl. The molecule has 0 radical (unpaired) electrons. The summed E-state index contributed by atoms with van der Waals surface area (Å²) in [6.07, 6.45) is 1.32. The number of likely N-dealkylation sites (tertiary alicyclic amines) is 1. The molecular weight excluding hydrogens is 236 g/mol. The van der Waals surface area contributed by atoms with E-state index in [0.29, 0.717) is 6.47 Å². The molecule has 0 aromatic carbocycles. The lowest BCUT2D eigenvalue weighted by molar-refractivity contribution is -0.142. The van der Waals surface area contributed by atoms with E-state index in [2.05, 4.69) is 0 Å². The zero-order valence-electron chi connectivity index (χ0n) is 6.88. The van der Waals surface area contributed by atoms with E-state index in [4.69, 9.17) is 39.5 Å². The highest BCUT2D eigenvalue weighted by atomic mass is 35.6. The maximum atomic E-state index is 10.2. The molecule has 0 spiro atoms. The molecule has 3 nitrogen and oxygen atoms in total. The highest BCUT2D eigenvalue weighted by Crippen LogP contribution is 2.35. The lowest BCUT2D eigenvalue weighted by Gasteiger charge is -2.30. The van der Waals surface area contributed by atoms with Gasteiger partial charge in [-0.05, 0) is 12.8 Å². The van der Waals surface area contributed by atoms with Crippen LogP contribution in [0.1, 0.15) is 12.8 Å². The molecule has 0 aliphatic carbocycles. The van der Waals surface area contributed by atoms with Crippen LogP contribution in [0.15, 0.2) is 0 Å². The van der Waals surface area contributed by atoms with E-state index in [0.717, 1.165) is 25.9 Å². The van der Waals surface area contributed by atoms with Crippen LogP contribution in [0.3, 0.4) is 0 Å². The predicted octanol–water partition coefficient (Wildman–Crippen LogP) is 1.95. The number of alkyl halides is 3. The molecule has 1 saturated heterocycles. The summed E-state index contributed by atoms with van der Waals surface area (Å²) in [5, 5.41) is 0. The van der Waals surface area contributed by atoms with Gasteiger partial charge in [0.2, 0.25) is 10.0 Å². The van der Waals surface area contributed by atoms with Gasteiger partial charge in [0.1, 0.15) is 0 Å². The molecule has 1 aliphatic rings. The van der Waals surface area contributed by atoms with Gasteiger partial charge in [-0.3, -0.25) is 9.69 Å². The van der Waals surface area contributed by atoms with Crippen molar-refractivity contribution in [2.45, 2.75) is 22.9 Å². The minimum absolute atomic E-state index is 0.310. The minimum Gasteiger partial charge on any atom is -0.444 e. The maximum Gasteiger partial charge on any atom is 0.294 e. The fourth-order valence-electron chi connectivity index (χ4n) is 1.40. The van der Waals surface area contributed by atoms with Crippen molar-refractivity contribution < 1.29 is 9.53 Å². The second kappa shape index (κ2) is 4.69. The van der Waals surface area contributed by atoms with Crippen molar-refractivity contribution >= 4 is 41.3 Å². The molecule has 6 heteroatoms. The smallest absolute Gasteiger partial charge is 0.294 e. The largest absolute Gasteiger partial charge is 0.444 e. The molecule has 1 aliphatic heterocycles. The quantitative estimate of drug-likeness (QED) is 0.563. The van der Waals surface area contributed by atoms with Gasteiger partial charge in [-0.1, -0.05) is 34.8 Å². The monoisotopic (exact) mass is 245 g/mol. The van der Waals surface area contributed by atoms with Crippen LogP contribution in [0.25, 0.3) is 0 Å². The average Bonchev–Trinajstić information content (AvgIpc) is 2.49. The molecule has 0 aromatic heterocycles. The molecule has 0 saturated carbocycles. The third kappa shape index (κ3) is 3.17. The zero-order valence-corrected chi connectivity index (χ0v) is 9.15. The number of hydrogen-bond acceptors (Lipinski definition) is 3. The summed E-state index contributed by atoms with van der Waals surface area (Å²) >= 11 is 17.0. The second-order valence-electron chi connectivity index (χ2n) is 2.87. The van der Waals surface area contributed by atoms with Crippen LogP contribution >= 0.6 is 34.8 Å². The molecule has 0 N–H and O–H groups in total. The van der Waals surface area contributed by atoms with Crippen molar-refractivity contribution in [2.24, 2.45) is 0 Å². The normalized spacial score (nSPS) is 21.5. The van der Waals surface area contributed by atoms with Crippen LogP contribution < -0.4 is 0 Å². The Kier molecular flexibility index (Phi) is 4.10. The summed E-state index contributed by atoms with van der Waals surface area (Å²) in [6.45, 7) is 1.91. The predicted molar refractivity (Wildman–Crippen MR) is 52.0 cm³/mol. The van der Waals surface area contributed by atoms with E-state index < -0.39 is 10.0 Å². The zero-order chi connectivity index (χ0) is 9.90. The van der Waals surface area contributed by atoms with Gasteiger partial charge >= 0.3 is 0 Å². The van der Waals surface area contributed by atoms with Gasteiger partial charge in [0.15, 0.2) is 0 Å². The first-order valence-corrected chi connectivity index (χ1v) is 5.09. The number of hydrogen-bond donors (Lipinski definition) is 0. The molecule has 1 unspecified atom stereocenters. The lowest BCUT2D eigenvalue weighted by Crippen LogP contribution is -2.44. The average molecular weight is 247 g/mol. The standard InChI is InChI=1S/C7H10Cl3NO2/c8-7(9,10)6(13-5-12)11-3-1-2-4-11/h5-6H,1-4H2. The van der Waals surface area contributed by atoms with Gasteiger partial charge in [-0.15, -0.1) is 0 Å². The van der Waals surface area contributed by atoms with Crippen LogP contribution in [-0.4, -0.2) is 34.5 Å². The summed E-state index contributed by atoms with van der Waals surface area (Å²) in [6, 6.07) is 0. The Morgan fingerprint density at radius 3 is 2.23 bits per heavy atom. The van der Waals surface area contributed by atoms with E-state index in [9.17, 15) is 4.79 Å². The van der Waals surface area contributed by atoms with Crippen molar-refractivity contribution in [3.05, 3.63) is 0 Å². The highest BCUT2D eigenvalue weighted by molar-refractivity contribution is 6.68. The number of nitrogens with zero attached hydrogens (tertiary/aromatic N) is 1. The van der Waals surface area contributed by atoms with Crippen LogP contribution in [-0.2, 0) is 9.53 Å². The Labute approximate surface area is 91.9 Å². The van der Waals surface area contributed by atoms with Crippen LogP contribution in [0, 0.1) is 0 Å². The van der Waals surface area contributed by atoms with Crippen molar-refractivity contribution in [3.63, 3.8) is 0 Å². The first kappa shape index (κ1) is 11.4. The van der Waals surface area contributed by atoms with Gasteiger partial charge in [0, 0.05) is 13.1 Å². The molecule has 0 aromatic rings. The number of ether oxygens (including phenoxy) is 1. The Morgan fingerprint density at radius 1 is 1.31 bits per heavy atom. The van der Waals surface area contributed by atoms with Crippen molar-refractivity contribution in [1.82, 2.24) is 4.90 Å². The molecule has 0 amide bonds. The molecule has 76 valence electrons. The third-order valence-corrected chi connectivity index (χ3v) is 2.50. The summed E-state index contributed by atoms with van der Waals surface area (Å²) in [4.78, 5) is 12.0. The van der Waals surface area contributed by atoms with Crippen LogP contribution in [0.2, 0.25) is 0 Å². The first-order chi connectivity index (χ1) is 6.05. The minimum atomic E-state index is -1.58. The Hall–Kier alpha value is 0.300. The fourth-order valence-corrected chi connectivity index (χ4v) is 1.97. The first-order valence-electron chi connectivity index (χ1n) is 3.95. The van der Waals surface area contributed by atoms with Gasteiger partial charge in [0.25, 0.3) is 6.47 Å². The molecule has 0 bridgehead atoms. The summed E-state index contributed by atoms with van der Waals surface area (Å²) in [7, 11) is 0. The van der Waals surface area contributed by atoms with Gasteiger partial charge in [-0.25, -0.2) is 0 Å². The van der Waals surface area contributed by atoms with Gasteiger partial charge < -0.3 is 4.74 Å². The van der Waals surface area contributed by atoms with Crippen molar-refractivity contribution in [2.75, 3.05) is 13.1 Å². The lowest BCUT2D eigenvalue weighted by atomic mass is 10.4. The number of halogens is 3. The molecule has 13 heavy (non-hydrogen) atoms. The number of carbonyl (C=O) groups excluding carboxylic acids is 1. The van der Waals surface area contributed by atoms with E-state index in [1.54, 1.807) is 0 Å². The molecule has 1 fully saturated rings. The highest BCUT2D eigenvalue weighted by Gasteiger charge is 2.40. The fraction of sp³-hybridized carbons (Fsp3) is 0.857. The van der Waals surface area contributed by atoms with Crippen LogP contribution in [0.4, 0.5) is 0 Å². The maximum absolute atomic E-state index is 10.2. The summed E-state index contributed by atoms with van der Waals surface area (Å²) in [5.41, 5.74) is 0. The Balaban J connectivity index is 2.60. The topological polar surface area (TPSA) is 29.5 Å². The third-order valence-electron chi connectivity index (χ3n) is 1.94. The van der Waals surface area contributed by atoms with E-state index in [1.165, 1.54) is 0 Å². The number of carbonyl (C=O) groups is 1. The summed E-state index contributed by atoms with van der Waals surface area (Å²) < 4.78 is 3.16. The van der Waals surface area contributed by atoms with E-state index >= 15 is 0 Å². The van der Waals surface area contributed by atoms with Gasteiger partial charge in [0.05, 0.1) is 0 Å². The molecule has 1 heterocycles. The van der Waals surface area contributed by atoms with Gasteiger partial charge in [-0.2, -0.15) is 0 Å². The Bertz CT molecular complexity index is 177. The second-order valence-corrected chi connectivity index (χ2v) is 5.24.